The maximum atomic E-state index is 12.0. The summed E-state index contributed by atoms with van der Waals surface area (Å²) in [6.45, 7) is 4.61. The van der Waals surface area contributed by atoms with Crippen molar-refractivity contribution < 1.29 is 23.5 Å². The van der Waals surface area contributed by atoms with Crippen molar-refractivity contribution in [2.75, 3.05) is 13.2 Å². The highest BCUT2D eigenvalue weighted by Crippen LogP contribution is 2.35. The fourth-order valence-electron chi connectivity index (χ4n) is 2.92. The third-order valence-electron chi connectivity index (χ3n) is 4.21. The molecule has 1 aliphatic rings. The molecule has 0 saturated carbocycles. The van der Waals surface area contributed by atoms with Gasteiger partial charge in [0.2, 0.25) is 11.8 Å². The first-order chi connectivity index (χ1) is 13.5. The van der Waals surface area contributed by atoms with Crippen LogP contribution in [0.3, 0.4) is 0 Å². The maximum Gasteiger partial charge on any atom is 0.244 e. The summed E-state index contributed by atoms with van der Waals surface area (Å²) in [5, 5.41) is 5.22. The second-order valence-corrected chi connectivity index (χ2v) is 6.47. The SMILES string of the molecule is CCOc1cc2c(cc1/C=C/C(=O)NCC(=O)NCc1ccco1)OC(C)C2. The zero-order valence-electron chi connectivity index (χ0n) is 16.0. The van der Waals surface area contributed by atoms with Crippen molar-refractivity contribution in [2.45, 2.75) is 32.9 Å². The Balaban J connectivity index is 1.54. The predicted octanol–water partition coefficient (Wildman–Crippen LogP) is 2.45. The summed E-state index contributed by atoms with van der Waals surface area (Å²) in [6.07, 6.45) is 5.55. The lowest BCUT2D eigenvalue weighted by atomic mass is 10.1. The molecule has 2 N–H and O–H groups in total. The Morgan fingerprint density at radius 3 is 2.93 bits per heavy atom. The van der Waals surface area contributed by atoms with Gasteiger partial charge in [0.15, 0.2) is 0 Å². The molecule has 7 nitrogen and oxygen atoms in total. The molecule has 1 aromatic carbocycles. The minimum absolute atomic E-state index is 0.118. The van der Waals surface area contributed by atoms with Gasteiger partial charge < -0.3 is 24.5 Å². The average Bonchev–Trinajstić information content (AvgIpc) is 3.31. The van der Waals surface area contributed by atoms with E-state index in [2.05, 4.69) is 10.6 Å². The first kappa shape index (κ1) is 19.5. The molecular formula is C21H24N2O5. The van der Waals surface area contributed by atoms with E-state index in [0.29, 0.717) is 18.1 Å². The molecule has 1 atom stereocenters. The van der Waals surface area contributed by atoms with Crippen LogP contribution in [0.1, 0.15) is 30.7 Å². The van der Waals surface area contributed by atoms with Crippen LogP contribution in [0.2, 0.25) is 0 Å². The molecule has 1 aliphatic heterocycles. The summed E-state index contributed by atoms with van der Waals surface area (Å²) in [5.41, 5.74) is 1.86. The van der Waals surface area contributed by atoms with Crippen LogP contribution in [0.4, 0.5) is 0 Å². The second-order valence-electron chi connectivity index (χ2n) is 6.47. The quantitative estimate of drug-likeness (QED) is 0.683. The van der Waals surface area contributed by atoms with Gasteiger partial charge in [0, 0.05) is 23.6 Å². The Morgan fingerprint density at radius 2 is 2.18 bits per heavy atom. The van der Waals surface area contributed by atoms with Crippen LogP contribution in [0, 0.1) is 0 Å². The molecule has 0 radical (unpaired) electrons. The molecule has 2 amide bonds. The van der Waals surface area contributed by atoms with Crippen LogP contribution in [0.25, 0.3) is 6.08 Å². The molecule has 0 spiro atoms. The predicted molar refractivity (Wildman–Crippen MR) is 104 cm³/mol. The Hall–Kier alpha value is -3.22. The van der Waals surface area contributed by atoms with Crippen molar-refractivity contribution >= 4 is 17.9 Å². The lowest BCUT2D eigenvalue weighted by Gasteiger charge is -2.10. The van der Waals surface area contributed by atoms with Crippen LogP contribution in [-0.2, 0) is 22.6 Å². The average molecular weight is 384 g/mol. The van der Waals surface area contributed by atoms with Gasteiger partial charge in [-0.2, -0.15) is 0 Å². The van der Waals surface area contributed by atoms with Gasteiger partial charge in [-0.3, -0.25) is 9.59 Å². The van der Waals surface area contributed by atoms with Crippen LogP contribution in [-0.4, -0.2) is 31.1 Å². The van der Waals surface area contributed by atoms with E-state index < -0.39 is 0 Å². The third kappa shape index (κ3) is 5.16. The Bertz CT molecular complexity index is 858. The zero-order valence-corrected chi connectivity index (χ0v) is 16.0. The van der Waals surface area contributed by atoms with E-state index in [-0.39, 0.29) is 31.0 Å². The highest BCUT2D eigenvalue weighted by molar-refractivity contribution is 5.94. The van der Waals surface area contributed by atoms with Crippen LogP contribution in [0.5, 0.6) is 11.5 Å². The second kappa shape index (κ2) is 9.12. The molecular weight excluding hydrogens is 360 g/mol. The highest BCUT2D eigenvalue weighted by Gasteiger charge is 2.21. The smallest absolute Gasteiger partial charge is 0.244 e. The largest absolute Gasteiger partial charge is 0.493 e. The molecule has 1 aromatic heterocycles. The zero-order chi connectivity index (χ0) is 19.9. The first-order valence-corrected chi connectivity index (χ1v) is 9.26. The molecule has 0 saturated heterocycles. The van der Waals surface area contributed by atoms with Crippen molar-refractivity contribution in [1.82, 2.24) is 10.6 Å². The summed E-state index contributed by atoms with van der Waals surface area (Å²) in [4.78, 5) is 23.8. The number of rotatable bonds is 8. The number of carbonyl (C=O) groups excluding carboxylic acids is 2. The van der Waals surface area contributed by atoms with Crippen molar-refractivity contribution in [3.05, 3.63) is 53.5 Å². The number of nitrogens with one attached hydrogen (secondary N) is 2. The molecule has 2 heterocycles. The molecule has 7 heteroatoms. The van der Waals surface area contributed by atoms with Gasteiger partial charge in [0.25, 0.3) is 0 Å². The van der Waals surface area contributed by atoms with Gasteiger partial charge in [0.05, 0.1) is 26.0 Å². The Labute approximate surface area is 163 Å². The topological polar surface area (TPSA) is 89.8 Å². The van der Waals surface area contributed by atoms with E-state index in [1.807, 2.05) is 26.0 Å². The first-order valence-electron chi connectivity index (χ1n) is 9.26. The van der Waals surface area contributed by atoms with E-state index in [1.54, 1.807) is 18.2 Å². The number of fused-ring (bicyclic) bond motifs is 1. The lowest BCUT2D eigenvalue weighted by molar-refractivity contribution is -0.124. The van der Waals surface area contributed by atoms with Gasteiger partial charge >= 0.3 is 0 Å². The summed E-state index contributed by atoms with van der Waals surface area (Å²) >= 11 is 0. The Kier molecular flexibility index (Phi) is 6.37. The number of benzene rings is 1. The monoisotopic (exact) mass is 384 g/mol. The van der Waals surface area contributed by atoms with E-state index in [0.717, 1.165) is 23.3 Å². The van der Waals surface area contributed by atoms with Crippen molar-refractivity contribution in [1.29, 1.82) is 0 Å². The lowest BCUT2D eigenvalue weighted by Crippen LogP contribution is -2.35. The van der Waals surface area contributed by atoms with Gasteiger partial charge in [-0.15, -0.1) is 0 Å². The van der Waals surface area contributed by atoms with Gasteiger partial charge in [-0.05, 0) is 44.2 Å². The number of hydrogen-bond acceptors (Lipinski definition) is 5. The molecule has 28 heavy (non-hydrogen) atoms. The molecule has 2 aromatic rings. The molecule has 0 fully saturated rings. The standard InChI is InChI=1S/C21H24N2O5/c1-3-26-18-11-16-9-14(2)28-19(16)10-15(18)6-7-20(24)23-13-21(25)22-12-17-5-4-8-27-17/h4-8,10-11,14H,3,9,12-13H2,1-2H3,(H,22,25)(H,23,24)/b7-6+. The number of carbonyl (C=O) groups is 2. The van der Waals surface area contributed by atoms with Crippen molar-refractivity contribution in [3.8, 4) is 11.5 Å². The summed E-state index contributed by atoms with van der Waals surface area (Å²) < 4.78 is 16.6. The van der Waals surface area contributed by atoms with Gasteiger partial charge in [-0.25, -0.2) is 0 Å². The van der Waals surface area contributed by atoms with Crippen molar-refractivity contribution in [3.63, 3.8) is 0 Å². The summed E-state index contributed by atoms with van der Waals surface area (Å²) in [5.74, 6) is 1.50. The fourth-order valence-corrected chi connectivity index (χ4v) is 2.92. The van der Waals surface area contributed by atoms with Crippen molar-refractivity contribution in [2.24, 2.45) is 0 Å². The van der Waals surface area contributed by atoms with Crippen LogP contribution in [0.15, 0.2) is 41.0 Å². The summed E-state index contributed by atoms with van der Waals surface area (Å²) in [7, 11) is 0. The number of furan rings is 1. The van der Waals surface area contributed by atoms with Gasteiger partial charge in [-0.1, -0.05) is 0 Å². The number of hydrogen-bond donors (Lipinski definition) is 2. The van der Waals surface area contributed by atoms with E-state index in [4.69, 9.17) is 13.9 Å². The van der Waals surface area contributed by atoms with E-state index >= 15 is 0 Å². The van der Waals surface area contributed by atoms with E-state index in [1.165, 1.54) is 12.3 Å². The van der Waals surface area contributed by atoms with Crippen LogP contribution >= 0.6 is 0 Å². The number of amides is 2. The number of ether oxygens (including phenoxy) is 2. The summed E-state index contributed by atoms with van der Waals surface area (Å²) in [6, 6.07) is 7.35. The van der Waals surface area contributed by atoms with Gasteiger partial charge in [0.1, 0.15) is 23.4 Å². The van der Waals surface area contributed by atoms with Crippen LogP contribution < -0.4 is 20.1 Å². The molecule has 0 bridgehead atoms. The molecule has 1 unspecified atom stereocenters. The fraction of sp³-hybridized carbons (Fsp3) is 0.333. The van der Waals surface area contributed by atoms with E-state index in [9.17, 15) is 9.59 Å². The third-order valence-corrected chi connectivity index (χ3v) is 4.21. The highest BCUT2D eigenvalue weighted by atomic mass is 16.5. The normalized spacial score (nSPS) is 15.1. The molecule has 3 rings (SSSR count). The Morgan fingerprint density at radius 1 is 1.32 bits per heavy atom. The maximum absolute atomic E-state index is 12.0. The molecule has 0 aliphatic carbocycles. The minimum atomic E-state index is -0.370. The minimum Gasteiger partial charge on any atom is -0.493 e. The molecule has 148 valence electrons.